The van der Waals surface area contributed by atoms with Crippen molar-refractivity contribution in [2.75, 3.05) is 18.6 Å². The zero-order chi connectivity index (χ0) is 13.0. The van der Waals surface area contributed by atoms with Crippen LogP contribution in [-0.2, 0) is 4.79 Å². The number of hydrogen-bond donors (Lipinski definition) is 1. The van der Waals surface area contributed by atoms with Gasteiger partial charge in [-0.15, -0.1) is 0 Å². The van der Waals surface area contributed by atoms with Gasteiger partial charge in [0.2, 0.25) is 5.91 Å². The number of carbonyl (C=O) groups excluding carboxylic acids is 1. The molecule has 0 radical (unpaired) electrons. The van der Waals surface area contributed by atoms with E-state index in [1.165, 1.54) is 38.5 Å². The molecule has 4 heteroatoms. The summed E-state index contributed by atoms with van der Waals surface area (Å²) in [5.41, 5.74) is 6.05. The Labute approximate surface area is 115 Å². The monoisotopic (exact) mass is 270 g/mol. The lowest BCUT2D eigenvalue weighted by Gasteiger charge is -2.45. The number of amides is 1. The summed E-state index contributed by atoms with van der Waals surface area (Å²) in [7, 11) is 0. The number of piperidine rings is 1. The molecule has 0 spiro atoms. The average Bonchev–Trinajstić information content (AvgIpc) is 2.43. The van der Waals surface area contributed by atoms with Gasteiger partial charge in [-0.1, -0.05) is 12.8 Å². The number of rotatable bonds is 4. The van der Waals surface area contributed by atoms with Gasteiger partial charge >= 0.3 is 0 Å². The molecule has 3 nitrogen and oxygen atoms in total. The van der Waals surface area contributed by atoms with Gasteiger partial charge < -0.3 is 10.6 Å². The van der Waals surface area contributed by atoms with Gasteiger partial charge in [0.05, 0.1) is 6.04 Å². The molecule has 1 saturated carbocycles. The van der Waals surface area contributed by atoms with Crippen molar-refractivity contribution in [3.8, 4) is 0 Å². The number of nitrogens with two attached hydrogens (primary N) is 1. The summed E-state index contributed by atoms with van der Waals surface area (Å²) in [6, 6.07) is 0.221. The number of fused-ring (bicyclic) bond motifs is 1. The number of thioether (sulfide) groups is 1. The Morgan fingerprint density at radius 3 is 2.83 bits per heavy atom. The molecule has 2 N–H and O–H groups in total. The van der Waals surface area contributed by atoms with Crippen molar-refractivity contribution < 1.29 is 4.79 Å². The van der Waals surface area contributed by atoms with Crippen LogP contribution in [0.4, 0.5) is 0 Å². The first kappa shape index (κ1) is 14.2. The van der Waals surface area contributed by atoms with Crippen molar-refractivity contribution in [2.24, 2.45) is 11.7 Å². The van der Waals surface area contributed by atoms with Crippen LogP contribution in [0.5, 0.6) is 0 Å². The van der Waals surface area contributed by atoms with Gasteiger partial charge in [-0.05, 0) is 50.0 Å². The third-order valence-corrected chi connectivity index (χ3v) is 5.12. The Kier molecular flexibility index (Phi) is 5.37. The maximum absolute atomic E-state index is 12.5. The maximum atomic E-state index is 12.5. The summed E-state index contributed by atoms with van der Waals surface area (Å²) in [4.78, 5) is 14.6. The second-order valence-electron chi connectivity index (χ2n) is 5.67. The van der Waals surface area contributed by atoms with E-state index in [2.05, 4.69) is 11.2 Å². The molecule has 0 aromatic rings. The van der Waals surface area contributed by atoms with Gasteiger partial charge in [0.1, 0.15) is 0 Å². The summed E-state index contributed by atoms with van der Waals surface area (Å²) in [5.74, 6) is 1.94. The van der Waals surface area contributed by atoms with Crippen molar-refractivity contribution in [3.05, 3.63) is 0 Å². The van der Waals surface area contributed by atoms with Crippen LogP contribution in [-0.4, -0.2) is 41.4 Å². The highest BCUT2D eigenvalue weighted by atomic mass is 32.2. The smallest absolute Gasteiger partial charge is 0.239 e. The molecule has 0 aromatic heterocycles. The molecule has 104 valence electrons. The van der Waals surface area contributed by atoms with E-state index in [4.69, 9.17) is 5.73 Å². The van der Waals surface area contributed by atoms with E-state index < -0.39 is 0 Å². The molecular weight excluding hydrogens is 244 g/mol. The molecule has 0 bridgehead atoms. The SMILES string of the molecule is CSCC[C@H](N)C(=O)N1CCCC2CCCCC21. The average molecular weight is 270 g/mol. The van der Waals surface area contributed by atoms with E-state index in [0.717, 1.165) is 24.6 Å². The molecule has 3 atom stereocenters. The van der Waals surface area contributed by atoms with Crippen LogP contribution >= 0.6 is 11.8 Å². The molecule has 18 heavy (non-hydrogen) atoms. The van der Waals surface area contributed by atoms with Crippen LogP contribution < -0.4 is 5.73 Å². The fourth-order valence-electron chi connectivity index (χ4n) is 3.48. The minimum atomic E-state index is -0.280. The van der Waals surface area contributed by atoms with Crippen molar-refractivity contribution >= 4 is 17.7 Å². The molecule has 1 amide bonds. The number of hydrogen-bond acceptors (Lipinski definition) is 3. The van der Waals surface area contributed by atoms with Crippen molar-refractivity contribution in [3.63, 3.8) is 0 Å². The minimum absolute atomic E-state index is 0.209. The molecule has 1 saturated heterocycles. The lowest BCUT2D eigenvalue weighted by atomic mass is 9.78. The van der Waals surface area contributed by atoms with Crippen LogP contribution in [0.1, 0.15) is 44.9 Å². The summed E-state index contributed by atoms with van der Waals surface area (Å²) in [6.07, 6.45) is 10.5. The Bertz CT molecular complexity index is 283. The summed E-state index contributed by atoms with van der Waals surface area (Å²) >= 11 is 1.77. The number of nitrogens with zero attached hydrogens (tertiary/aromatic N) is 1. The topological polar surface area (TPSA) is 46.3 Å². The van der Waals surface area contributed by atoms with Crippen molar-refractivity contribution in [2.45, 2.75) is 57.0 Å². The molecule has 2 unspecified atom stereocenters. The quantitative estimate of drug-likeness (QED) is 0.852. The van der Waals surface area contributed by atoms with Gasteiger partial charge in [-0.3, -0.25) is 4.79 Å². The molecule has 1 heterocycles. The van der Waals surface area contributed by atoms with Crippen LogP contribution in [0.15, 0.2) is 0 Å². The summed E-state index contributed by atoms with van der Waals surface area (Å²) in [6.45, 7) is 0.937. The van der Waals surface area contributed by atoms with Gasteiger partial charge in [-0.2, -0.15) is 11.8 Å². The fraction of sp³-hybridized carbons (Fsp3) is 0.929. The lowest BCUT2D eigenvalue weighted by molar-refractivity contribution is -0.139. The first-order chi connectivity index (χ1) is 8.74. The van der Waals surface area contributed by atoms with Gasteiger partial charge in [0.15, 0.2) is 0 Å². The zero-order valence-corrected chi connectivity index (χ0v) is 12.3. The lowest BCUT2D eigenvalue weighted by Crippen LogP contribution is -2.54. The highest BCUT2D eigenvalue weighted by molar-refractivity contribution is 7.98. The zero-order valence-electron chi connectivity index (χ0n) is 11.4. The molecule has 2 fully saturated rings. The van der Waals surface area contributed by atoms with Crippen LogP contribution in [0, 0.1) is 5.92 Å². The molecular formula is C14H26N2OS. The van der Waals surface area contributed by atoms with Crippen LogP contribution in [0.25, 0.3) is 0 Å². The van der Waals surface area contributed by atoms with Gasteiger partial charge in [0, 0.05) is 12.6 Å². The van der Waals surface area contributed by atoms with E-state index in [-0.39, 0.29) is 11.9 Å². The van der Waals surface area contributed by atoms with E-state index in [1.807, 2.05) is 0 Å². The minimum Gasteiger partial charge on any atom is -0.338 e. The summed E-state index contributed by atoms with van der Waals surface area (Å²) in [5, 5.41) is 0. The molecule has 1 aliphatic heterocycles. The highest BCUT2D eigenvalue weighted by Crippen LogP contribution is 2.35. The summed E-state index contributed by atoms with van der Waals surface area (Å²) < 4.78 is 0. The van der Waals surface area contributed by atoms with E-state index >= 15 is 0 Å². The largest absolute Gasteiger partial charge is 0.338 e. The molecule has 2 rings (SSSR count). The van der Waals surface area contributed by atoms with Crippen LogP contribution in [0.3, 0.4) is 0 Å². The van der Waals surface area contributed by atoms with Gasteiger partial charge in [-0.25, -0.2) is 0 Å². The van der Waals surface area contributed by atoms with E-state index in [9.17, 15) is 4.79 Å². The predicted octanol–water partition coefficient (Wildman–Crippen LogP) is 2.25. The Morgan fingerprint density at radius 1 is 1.33 bits per heavy atom. The third-order valence-electron chi connectivity index (χ3n) is 4.48. The second-order valence-corrected chi connectivity index (χ2v) is 6.66. The Morgan fingerprint density at radius 2 is 2.06 bits per heavy atom. The highest BCUT2D eigenvalue weighted by Gasteiger charge is 2.36. The molecule has 0 aromatic carbocycles. The Balaban J connectivity index is 1.95. The number of likely N-dealkylation sites (tertiary alicyclic amines) is 1. The van der Waals surface area contributed by atoms with Crippen molar-refractivity contribution in [1.82, 2.24) is 4.90 Å². The van der Waals surface area contributed by atoms with Gasteiger partial charge in [0.25, 0.3) is 0 Å². The molecule has 2 aliphatic rings. The van der Waals surface area contributed by atoms with Crippen LogP contribution in [0.2, 0.25) is 0 Å². The molecule has 1 aliphatic carbocycles. The normalized spacial score (nSPS) is 29.8. The maximum Gasteiger partial charge on any atom is 0.239 e. The predicted molar refractivity (Wildman–Crippen MR) is 77.7 cm³/mol. The van der Waals surface area contributed by atoms with Crippen molar-refractivity contribution in [1.29, 1.82) is 0 Å². The van der Waals surface area contributed by atoms with E-state index in [1.54, 1.807) is 11.8 Å². The first-order valence-electron chi connectivity index (χ1n) is 7.29. The second kappa shape index (κ2) is 6.80. The Hall–Kier alpha value is -0.220. The van der Waals surface area contributed by atoms with E-state index in [0.29, 0.717) is 6.04 Å². The third kappa shape index (κ3) is 3.21. The fourth-order valence-corrected chi connectivity index (χ4v) is 3.97. The number of carbonyl (C=O) groups is 1. The first-order valence-corrected chi connectivity index (χ1v) is 8.68. The standard InChI is InChI=1S/C14H26N2OS/c1-18-10-8-12(15)14(17)16-9-4-6-11-5-2-3-7-13(11)16/h11-13H,2-10,15H2,1H3/t11?,12-,13?/m0/s1.